The maximum absolute atomic E-state index is 12.6. The lowest BCUT2D eigenvalue weighted by atomic mass is 10.1. The second-order valence-corrected chi connectivity index (χ2v) is 7.27. The zero-order valence-electron chi connectivity index (χ0n) is 14.0. The third-order valence-corrected chi connectivity index (χ3v) is 5.68. The Morgan fingerprint density at radius 1 is 1.30 bits per heavy atom. The topological polar surface area (TPSA) is 91.1 Å². The predicted molar refractivity (Wildman–Crippen MR) is 99.9 cm³/mol. The van der Waals surface area contributed by atoms with Crippen LogP contribution in [0.15, 0.2) is 30.3 Å². The van der Waals surface area contributed by atoms with E-state index in [1.807, 2.05) is 0 Å². The highest BCUT2D eigenvalue weighted by Crippen LogP contribution is 2.50. The number of ether oxygens (including phenoxy) is 3. The number of fused-ring (bicyclic) bond motifs is 1. The number of hydrogen-bond donors (Lipinski definition) is 0. The van der Waals surface area contributed by atoms with Gasteiger partial charge in [-0.05, 0) is 24.3 Å². The minimum atomic E-state index is -0.625. The van der Waals surface area contributed by atoms with Crippen LogP contribution in [-0.4, -0.2) is 30.5 Å². The molecule has 0 radical (unpaired) electrons. The first-order chi connectivity index (χ1) is 13.0. The zero-order valence-corrected chi connectivity index (χ0v) is 15.6. The molecule has 0 saturated carbocycles. The Hall–Kier alpha value is -2.65. The van der Waals surface area contributed by atoms with Crippen LogP contribution in [0.25, 0.3) is 0 Å². The summed E-state index contributed by atoms with van der Waals surface area (Å²) in [4.78, 5) is 25.2. The molecular formula is C17H13ClN2O6S. The van der Waals surface area contributed by atoms with Crippen LogP contribution in [0.1, 0.15) is 10.9 Å². The third kappa shape index (κ3) is 3.02. The number of nitrogens with zero attached hydrogens (tertiary/aromatic N) is 2. The van der Waals surface area contributed by atoms with E-state index in [1.165, 1.54) is 29.8 Å². The van der Waals surface area contributed by atoms with Gasteiger partial charge in [-0.2, -0.15) is 0 Å². The fourth-order valence-corrected chi connectivity index (χ4v) is 4.42. The van der Waals surface area contributed by atoms with Crippen LogP contribution < -0.4 is 19.1 Å². The number of thioether (sulfide) groups is 1. The number of benzene rings is 2. The molecule has 1 saturated heterocycles. The first-order valence-corrected chi connectivity index (χ1v) is 9.27. The van der Waals surface area contributed by atoms with Crippen molar-refractivity contribution in [2.24, 2.45) is 0 Å². The number of nitro groups is 1. The van der Waals surface area contributed by atoms with Crippen LogP contribution in [0.3, 0.4) is 0 Å². The van der Waals surface area contributed by atoms with Gasteiger partial charge in [0.2, 0.25) is 12.7 Å². The molecule has 0 aliphatic carbocycles. The van der Waals surface area contributed by atoms with Gasteiger partial charge in [-0.3, -0.25) is 19.8 Å². The molecule has 1 atom stereocenters. The van der Waals surface area contributed by atoms with E-state index >= 15 is 0 Å². The summed E-state index contributed by atoms with van der Waals surface area (Å²) in [6.45, 7) is -0.00148. The maximum Gasteiger partial charge on any atom is 0.279 e. The lowest BCUT2D eigenvalue weighted by Gasteiger charge is -2.26. The minimum Gasteiger partial charge on any atom is -0.495 e. The second-order valence-electron chi connectivity index (χ2n) is 5.76. The van der Waals surface area contributed by atoms with Crippen molar-refractivity contribution >= 4 is 40.6 Å². The summed E-state index contributed by atoms with van der Waals surface area (Å²) in [5, 5.41) is 11.4. The number of methoxy groups -OCH3 is 1. The molecule has 0 N–H and O–H groups in total. The van der Waals surface area contributed by atoms with Gasteiger partial charge in [0.15, 0.2) is 11.5 Å². The molecule has 140 valence electrons. The molecule has 0 aromatic heterocycles. The van der Waals surface area contributed by atoms with Gasteiger partial charge in [-0.1, -0.05) is 11.6 Å². The Morgan fingerprint density at radius 2 is 2.04 bits per heavy atom. The van der Waals surface area contributed by atoms with Crippen LogP contribution in [0.4, 0.5) is 11.4 Å². The standard InChI is InChI=1S/C17H13ClN2O6S/c1-24-13-3-2-9(18)4-12(13)19-16(21)7-27-17(19)10-5-14-15(26-8-25-14)6-11(10)20(22)23/h2-6,17H,7-8H2,1H3/t17-/m0/s1. The van der Waals surface area contributed by atoms with E-state index in [-0.39, 0.29) is 24.1 Å². The molecule has 2 aromatic carbocycles. The summed E-state index contributed by atoms with van der Waals surface area (Å²) >= 11 is 7.39. The van der Waals surface area contributed by atoms with Crippen molar-refractivity contribution in [3.8, 4) is 17.2 Å². The van der Waals surface area contributed by atoms with E-state index in [0.717, 1.165) is 0 Å². The van der Waals surface area contributed by atoms with Crippen LogP contribution in [-0.2, 0) is 4.79 Å². The normalized spacial score (nSPS) is 18.1. The van der Waals surface area contributed by atoms with Crippen molar-refractivity contribution in [1.29, 1.82) is 0 Å². The monoisotopic (exact) mass is 408 g/mol. The number of halogens is 1. The van der Waals surface area contributed by atoms with Gasteiger partial charge in [0, 0.05) is 5.02 Å². The average molecular weight is 409 g/mol. The highest BCUT2D eigenvalue weighted by atomic mass is 35.5. The number of anilines is 1. The van der Waals surface area contributed by atoms with E-state index in [2.05, 4.69) is 0 Å². The van der Waals surface area contributed by atoms with Gasteiger partial charge in [-0.15, -0.1) is 11.8 Å². The molecule has 2 aliphatic heterocycles. The van der Waals surface area contributed by atoms with Crippen LogP contribution >= 0.6 is 23.4 Å². The largest absolute Gasteiger partial charge is 0.495 e. The Labute approximate surface area is 163 Å². The van der Waals surface area contributed by atoms with E-state index in [4.69, 9.17) is 25.8 Å². The summed E-state index contributed by atoms with van der Waals surface area (Å²) in [7, 11) is 1.48. The molecule has 1 amide bonds. The highest BCUT2D eigenvalue weighted by Gasteiger charge is 2.40. The fraction of sp³-hybridized carbons (Fsp3) is 0.235. The van der Waals surface area contributed by atoms with E-state index in [0.29, 0.717) is 33.5 Å². The lowest BCUT2D eigenvalue weighted by molar-refractivity contribution is -0.385. The van der Waals surface area contributed by atoms with Gasteiger partial charge in [-0.25, -0.2) is 0 Å². The number of carbonyl (C=O) groups excluding carboxylic acids is 1. The quantitative estimate of drug-likeness (QED) is 0.561. The number of amides is 1. The summed E-state index contributed by atoms with van der Waals surface area (Å²) < 4.78 is 16.0. The molecule has 2 aromatic rings. The number of rotatable bonds is 4. The van der Waals surface area contributed by atoms with Crippen LogP contribution in [0, 0.1) is 10.1 Å². The predicted octanol–water partition coefficient (Wildman–Crippen LogP) is 3.76. The first-order valence-electron chi connectivity index (χ1n) is 7.84. The molecule has 2 aliphatic rings. The number of carbonyl (C=O) groups is 1. The Kier molecular flexibility index (Phi) is 4.48. The van der Waals surface area contributed by atoms with Crippen molar-refractivity contribution in [2.45, 2.75) is 5.37 Å². The van der Waals surface area contributed by atoms with Gasteiger partial charge < -0.3 is 14.2 Å². The molecular weight excluding hydrogens is 396 g/mol. The average Bonchev–Trinajstić information content (AvgIpc) is 3.26. The summed E-state index contributed by atoms with van der Waals surface area (Å²) in [6, 6.07) is 7.79. The summed E-state index contributed by atoms with van der Waals surface area (Å²) in [6.07, 6.45) is 0. The zero-order chi connectivity index (χ0) is 19.1. The van der Waals surface area contributed by atoms with Crippen molar-refractivity contribution in [1.82, 2.24) is 0 Å². The minimum absolute atomic E-state index is 0.00148. The Bertz CT molecular complexity index is 953. The first kappa shape index (κ1) is 17.7. The van der Waals surface area contributed by atoms with Gasteiger partial charge in [0.05, 0.1) is 35.1 Å². The van der Waals surface area contributed by atoms with Crippen molar-refractivity contribution in [3.63, 3.8) is 0 Å². The van der Waals surface area contributed by atoms with Gasteiger partial charge >= 0.3 is 0 Å². The van der Waals surface area contributed by atoms with Crippen molar-refractivity contribution in [3.05, 3.63) is 51.0 Å². The Balaban J connectivity index is 1.86. The maximum atomic E-state index is 12.6. The number of nitro benzene ring substituents is 1. The smallest absolute Gasteiger partial charge is 0.279 e. The highest BCUT2D eigenvalue weighted by molar-refractivity contribution is 8.00. The molecule has 0 unspecified atom stereocenters. The van der Waals surface area contributed by atoms with E-state index in [1.54, 1.807) is 24.3 Å². The SMILES string of the molecule is COc1ccc(Cl)cc1N1C(=O)CS[C@H]1c1cc2c(cc1[N+](=O)[O-])OCO2. The van der Waals surface area contributed by atoms with Crippen LogP contribution in [0.2, 0.25) is 5.02 Å². The van der Waals surface area contributed by atoms with Gasteiger partial charge in [0.25, 0.3) is 5.69 Å². The lowest BCUT2D eigenvalue weighted by Crippen LogP contribution is -2.28. The van der Waals surface area contributed by atoms with E-state index in [9.17, 15) is 14.9 Å². The molecule has 8 nitrogen and oxygen atoms in total. The summed E-state index contributed by atoms with van der Waals surface area (Å²) in [5.41, 5.74) is 0.663. The van der Waals surface area contributed by atoms with Crippen LogP contribution in [0.5, 0.6) is 17.2 Å². The van der Waals surface area contributed by atoms with Gasteiger partial charge in [0.1, 0.15) is 11.1 Å². The fourth-order valence-electron chi connectivity index (χ4n) is 3.07. The van der Waals surface area contributed by atoms with E-state index < -0.39 is 10.3 Å². The molecule has 27 heavy (non-hydrogen) atoms. The molecule has 4 rings (SSSR count). The molecule has 0 bridgehead atoms. The number of hydrogen-bond acceptors (Lipinski definition) is 7. The van der Waals surface area contributed by atoms with Crippen molar-refractivity contribution < 1.29 is 23.9 Å². The molecule has 2 heterocycles. The molecule has 0 spiro atoms. The third-order valence-electron chi connectivity index (χ3n) is 4.25. The molecule has 1 fully saturated rings. The summed E-state index contributed by atoms with van der Waals surface area (Å²) in [5.74, 6) is 1.15. The molecule has 10 heteroatoms. The Morgan fingerprint density at radius 3 is 2.74 bits per heavy atom. The van der Waals surface area contributed by atoms with Crippen molar-refractivity contribution in [2.75, 3.05) is 24.6 Å². The second kappa shape index (κ2) is 6.82.